The van der Waals surface area contributed by atoms with Gasteiger partial charge in [-0.2, -0.15) is 0 Å². The Bertz CT molecular complexity index is 629. The summed E-state index contributed by atoms with van der Waals surface area (Å²) in [5.74, 6) is 0.599. The maximum absolute atomic E-state index is 12.6. The second-order valence-corrected chi connectivity index (χ2v) is 7.79. The third kappa shape index (κ3) is 3.72. The van der Waals surface area contributed by atoms with Gasteiger partial charge in [0.05, 0.1) is 44.2 Å². The summed E-state index contributed by atoms with van der Waals surface area (Å²) in [6.07, 6.45) is 3.65. The number of nitrogens with zero attached hydrogens (tertiary/aromatic N) is 2. The molecule has 2 atom stereocenters. The van der Waals surface area contributed by atoms with Gasteiger partial charge in [-0.25, -0.2) is 4.79 Å². The number of ether oxygens (including phenoxy) is 3. The van der Waals surface area contributed by atoms with Crippen molar-refractivity contribution in [3.8, 4) is 5.75 Å². The Labute approximate surface area is 147 Å². The van der Waals surface area contributed by atoms with E-state index in [9.17, 15) is 9.90 Å². The number of methoxy groups -OCH3 is 1. The van der Waals surface area contributed by atoms with Crippen molar-refractivity contribution in [2.75, 3.05) is 20.3 Å². The van der Waals surface area contributed by atoms with Crippen molar-refractivity contribution in [2.45, 2.75) is 56.9 Å². The van der Waals surface area contributed by atoms with Crippen molar-refractivity contribution in [3.63, 3.8) is 0 Å². The Morgan fingerprint density at radius 3 is 2.52 bits per heavy atom. The Hall–Kier alpha value is -1.86. The number of amides is 1. The molecule has 0 saturated carbocycles. The summed E-state index contributed by atoms with van der Waals surface area (Å²) in [5, 5.41) is 11.3. The smallest absolute Gasteiger partial charge is 0.410 e. The normalized spacial score (nSPS) is 29.2. The molecule has 2 aliphatic rings. The van der Waals surface area contributed by atoms with E-state index < -0.39 is 11.2 Å². The van der Waals surface area contributed by atoms with Gasteiger partial charge in [0.25, 0.3) is 0 Å². The molecule has 7 heteroatoms. The molecule has 3 heterocycles. The number of hydrogen-bond acceptors (Lipinski definition) is 6. The average molecular weight is 350 g/mol. The first-order valence-corrected chi connectivity index (χ1v) is 8.53. The van der Waals surface area contributed by atoms with Crippen molar-refractivity contribution >= 4 is 6.09 Å². The van der Waals surface area contributed by atoms with Crippen LogP contribution in [0.3, 0.4) is 0 Å². The van der Waals surface area contributed by atoms with E-state index in [0.29, 0.717) is 37.4 Å². The van der Waals surface area contributed by atoms with Crippen LogP contribution in [0.15, 0.2) is 18.5 Å². The van der Waals surface area contributed by atoms with Crippen molar-refractivity contribution in [1.29, 1.82) is 0 Å². The van der Waals surface area contributed by atoms with Crippen LogP contribution < -0.4 is 4.74 Å². The van der Waals surface area contributed by atoms with Crippen molar-refractivity contribution in [2.24, 2.45) is 0 Å². The molecule has 0 aliphatic carbocycles. The lowest BCUT2D eigenvalue weighted by Gasteiger charge is -2.51. The molecule has 1 aromatic heterocycles. The number of rotatable bonds is 2. The fourth-order valence-corrected chi connectivity index (χ4v) is 3.61. The number of carbonyl (C=O) groups excluding carboxylic acids is 1. The fraction of sp³-hybridized carbons (Fsp3) is 0.667. The molecule has 0 spiro atoms. The molecule has 1 N–H and O–H groups in total. The predicted molar refractivity (Wildman–Crippen MR) is 90.4 cm³/mol. The minimum Gasteiger partial charge on any atom is -0.495 e. The third-order valence-electron chi connectivity index (χ3n) is 4.64. The summed E-state index contributed by atoms with van der Waals surface area (Å²) in [5.41, 5.74) is -0.928. The highest BCUT2D eigenvalue weighted by atomic mass is 16.6. The Morgan fingerprint density at radius 2 is 1.96 bits per heavy atom. The van der Waals surface area contributed by atoms with Gasteiger partial charge in [0.1, 0.15) is 11.4 Å². The van der Waals surface area contributed by atoms with Gasteiger partial charge in [0, 0.05) is 24.6 Å². The fourth-order valence-electron chi connectivity index (χ4n) is 3.61. The van der Waals surface area contributed by atoms with Gasteiger partial charge < -0.3 is 19.3 Å². The topological polar surface area (TPSA) is 81.1 Å². The van der Waals surface area contributed by atoms with Gasteiger partial charge in [-0.3, -0.25) is 9.88 Å². The molecule has 3 rings (SSSR count). The number of piperidine rings is 1. The Kier molecular flexibility index (Phi) is 4.64. The maximum Gasteiger partial charge on any atom is 0.410 e. The van der Waals surface area contributed by atoms with E-state index in [-0.39, 0.29) is 18.2 Å². The van der Waals surface area contributed by atoms with Gasteiger partial charge in [-0.15, -0.1) is 0 Å². The van der Waals surface area contributed by atoms with Gasteiger partial charge in [-0.05, 0) is 26.8 Å². The summed E-state index contributed by atoms with van der Waals surface area (Å²) < 4.78 is 16.4. The molecule has 2 saturated heterocycles. The van der Waals surface area contributed by atoms with Crippen LogP contribution in [0.1, 0.15) is 39.2 Å². The maximum atomic E-state index is 12.6. The minimum atomic E-state index is -1.07. The number of pyridine rings is 1. The lowest BCUT2D eigenvalue weighted by Crippen LogP contribution is -2.63. The molecular weight excluding hydrogens is 324 g/mol. The molecule has 1 amide bonds. The van der Waals surface area contributed by atoms with Gasteiger partial charge in [-0.1, -0.05) is 0 Å². The quantitative estimate of drug-likeness (QED) is 0.879. The third-order valence-corrected chi connectivity index (χ3v) is 4.64. The standard InChI is InChI=1S/C18H26N2O5/c1-17(2,3)25-16(21)20-13-6-18(22,7-14(20)11-24-10-13)12-5-15(23-4)9-19-8-12/h5,8-9,13-14,22H,6-7,10-11H2,1-4H3. The first-order chi connectivity index (χ1) is 11.7. The molecule has 2 aliphatic heterocycles. The second-order valence-electron chi connectivity index (χ2n) is 7.79. The summed E-state index contributed by atoms with van der Waals surface area (Å²) in [6, 6.07) is 1.32. The molecule has 0 aromatic carbocycles. The van der Waals surface area contributed by atoms with Crippen LogP contribution in [-0.4, -0.2) is 59.1 Å². The van der Waals surface area contributed by atoms with E-state index in [4.69, 9.17) is 14.2 Å². The van der Waals surface area contributed by atoms with Crippen LogP contribution >= 0.6 is 0 Å². The molecule has 1 aromatic rings. The van der Waals surface area contributed by atoms with Crippen LogP contribution in [0.25, 0.3) is 0 Å². The van der Waals surface area contributed by atoms with Crippen LogP contribution in [0.2, 0.25) is 0 Å². The van der Waals surface area contributed by atoms with E-state index in [1.165, 1.54) is 0 Å². The number of aliphatic hydroxyl groups is 1. The molecule has 0 radical (unpaired) electrons. The van der Waals surface area contributed by atoms with Crippen LogP contribution in [0.4, 0.5) is 4.79 Å². The van der Waals surface area contributed by atoms with Gasteiger partial charge >= 0.3 is 6.09 Å². The largest absolute Gasteiger partial charge is 0.495 e. The van der Waals surface area contributed by atoms with Crippen LogP contribution in [0.5, 0.6) is 5.75 Å². The number of hydrogen-bond donors (Lipinski definition) is 1. The molecule has 138 valence electrons. The Balaban J connectivity index is 1.84. The molecule has 2 fully saturated rings. The SMILES string of the molecule is COc1cncc(C2(O)CC3COCC(C2)N3C(=O)OC(C)(C)C)c1. The van der Waals surface area contributed by atoms with E-state index in [1.807, 2.05) is 20.8 Å². The number of fused-ring (bicyclic) bond motifs is 2. The molecular formula is C18H26N2O5. The first kappa shape index (κ1) is 17.9. The zero-order chi connectivity index (χ0) is 18.2. The van der Waals surface area contributed by atoms with E-state index in [1.54, 1.807) is 30.5 Å². The van der Waals surface area contributed by atoms with Crippen LogP contribution in [-0.2, 0) is 15.1 Å². The van der Waals surface area contributed by atoms with Crippen molar-refractivity contribution in [1.82, 2.24) is 9.88 Å². The van der Waals surface area contributed by atoms with E-state index in [0.717, 1.165) is 0 Å². The number of aromatic nitrogens is 1. The highest BCUT2D eigenvalue weighted by Crippen LogP contribution is 2.42. The lowest BCUT2D eigenvalue weighted by molar-refractivity contribution is -0.141. The van der Waals surface area contributed by atoms with Crippen molar-refractivity contribution in [3.05, 3.63) is 24.0 Å². The highest BCUT2D eigenvalue weighted by molar-refractivity contribution is 5.69. The summed E-state index contributed by atoms with van der Waals surface area (Å²) in [6.45, 7) is 6.31. The second kappa shape index (κ2) is 6.46. The number of morpholine rings is 1. The van der Waals surface area contributed by atoms with Crippen molar-refractivity contribution < 1.29 is 24.1 Å². The van der Waals surface area contributed by atoms with E-state index >= 15 is 0 Å². The van der Waals surface area contributed by atoms with Gasteiger partial charge in [0.15, 0.2) is 0 Å². The molecule has 25 heavy (non-hydrogen) atoms. The monoisotopic (exact) mass is 350 g/mol. The zero-order valence-electron chi connectivity index (χ0n) is 15.2. The molecule has 2 bridgehead atoms. The highest BCUT2D eigenvalue weighted by Gasteiger charge is 2.50. The number of carbonyl (C=O) groups is 1. The minimum absolute atomic E-state index is 0.237. The lowest BCUT2D eigenvalue weighted by atomic mass is 9.77. The molecule has 7 nitrogen and oxygen atoms in total. The summed E-state index contributed by atoms with van der Waals surface area (Å²) in [4.78, 5) is 18.5. The van der Waals surface area contributed by atoms with Gasteiger partial charge in [0.2, 0.25) is 0 Å². The zero-order valence-corrected chi connectivity index (χ0v) is 15.2. The summed E-state index contributed by atoms with van der Waals surface area (Å²) >= 11 is 0. The Morgan fingerprint density at radius 1 is 1.32 bits per heavy atom. The molecule has 2 unspecified atom stereocenters. The van der Waals surface area contributed by atoms with Crippen LogP contribution in [0, 0.1) is 0 Å². The summed E-state index contributed by atoms with van der Waals surface area (Å²) in [7, 11) is 1.57. The van der Waals surface area contributed by atoms with E-state index in [2.05, 4.69) is 4.98 Å². The first-order valence-electron chi connectivity index (χ1n) is 8.53. The predicted octanol–water partition coefficient (Wildman–Crippen LogP) is 2.08. The average Bonchev–Trinajstić information content (AvgIpc) is 2.52.